The fraction of sp³-hybridized carbons (Fsp3) is 0.316. The maximum absolute atomic E-state index is 12.9. The molecule has 0 unspecified atom stereocenters. The number of hydrogen-bond acceptors (Lipinski definition) is 5. The number of benzene rings is 2. The van der Waals surface area contributed by atoms with Crippen LogP contribution in [0.1, 0.15) is 21.5 Å². The van der Waals surface area contributed by atoms with E-state index in [1.165, 1.54) is 5.56 Å². The Morgan fingerprint density at radius 1 is 1.00 bits per heavy atom. The minimum atomic E-state index is -0.0151. The number of rotatable bonds is 3. The molecule has 0 atom stereocenters. The summed E-state index contributed by atoms with van der Waals surface area (Å²) in [5.74, 6) is 2.68. The zero-order valence-corrected chi connectivity index (χ0v) is 14.2. The predicted molar refractivity (Wildman–Crippen MR) is 90.6 cm³/mol. The number of fused-ring (bicyclic) bond motifs is 2. The number of nitrogens with zero attached hydrogens (tertiary/aromatic N) is 1. The molecule has 2 aromatic rings. The molecule has 6 heteroatoms. The highest BCUT2D eigenvalue weighted by atomic mass is 16.7. The molecule has 25 heavy (non-hydrogen) atoms. The molecular formula is C19H19NO5. The standard InChI is InChI=1S/C19H19NO5/c1-22-16-7-12-5-6-20(10-14(12)9-17(16)23-2)19(21)13-3-4-15-18(8-13)25-11-24-15/h3-4,7-9H,5-6,10-11H2,1-2H3. The van der Waals surface area contributed by atoms with Gasteiger partial charge in [-0.15, -0.1) is 0 Å². The van der Waals surface area contributed by atoms with E-state index in [1.807, 2.05) is 17.0 Å². The lowest BCUT2D eigenvalue weighted by atomic mass is 9.98. The lowest BCUT2D eigenvalue weighted by Crippen LogP contribution is -2.36. The van der Waals surface area contributed by atoms with Crippen molar-refractivity contribution in [2.45, 2.75) is 13.0 Å². The summed E-state index contributed by atoms with van der Waals surface area (Å²) in [5, 5.41) is 0. The van der Waals surface area contributed by atoms with Crippen LogP contribution in [0.5, 0.6) is 23.0 Å². The van der Waals surface area contributed by atoms with Crippen molar-refractivity contribution in [3.8, 4) is 23.0 Å². The minimum absolute atomic E-state index is 0.0151. The first-order chi connectivity index (χ1) is 12.2. The van der Waals surface area contributed by atoms with Gasteiger partial charge in [-0.2, -0.15) is 0 Å². The molecule has 0 aromatic heterocycles. The summed E-state index contributed by atoms with van der Waals surface area (Å²) < 4.78 is 21.4. The number of carbonyl (C=O) groups is 1. The Bertz CT molecular complexity index is 833. The van der Waals surface area contributed by atoms with E-state index in [2.05, 4.69) is 0 Å². The maximum atomic E-state index is 12.9. The van der Waals surface area contributed by atoms with E-state index < -0.39 is 0 Å². The maximum Gasteiger partial charge on any atom is 0.254 e. The van der Waals surface area contributed by atoms with Gasteiger partial charge in [-0.05, 0) is 47.9 Å². The number of carbonyl (C=O) groups excluding carboxylic acids is 1. The fourth-order valence-electron chi connectivity index (χ4n) is 3.27. The molecule has 1 amide bonds. The van der Waals surface area contributed by atoms with Crippen LogP contribution < -0.4 is 18.9 Å². The molecule has 0 radical (unpaired) electrons. The van der Waals surface area contributed by atoms with Gasteiger partial charge in [0.1, 0.15) is 0 Å². The van der Waals surface area contributed by atoms with Crippen LogP contribution in [0.2, 0.25) is 0 Å². The Balaban J connectivity index is 1.58. The van der Waals surface area contributed by atoms with Crippen LogP contribution in [-0.4, -0.2) is 38.4 Å². The molecule has 0 bridgehead atoms. The molecule has 2 aliphatic heterocycles. The molecule has 130 valence electrons. The third-order valence-corrected chi connectivity index (χ3v) is 4.62. The van der Waals surface area contributed by atoms with Gasteiger partial charge in [-0.25, -0.2) is 0 Å². The number of hydrogen-bond donors (Lipinski definition) is 0. The van der Waals surface area contributed by atoms with E-state index in [9.17, 15) is 4.79 Å². The summed E-state index contributed by atoms with van der Waals surface area (Å²) >= 11 is 0. The Morgan fingerprint density at radius 2 is 1.72 bits per heavy atom. The molecule has 0 fully saturated rings. The molecule has 4 rings (SSSR count). The Kier molecular flexibility index (Phi) is 3.87. The Hall–Kier alpha value is -2.89. The van der Waals surface area contributed by atoms with Crippen LogP contribution in [0.3, 0.4) is 0 Å². The van der Waals surface area contributed by atoms with Crippen molar-refractivity contribution < 1.29 is 23.7 Å². The van der Waals surface area contributed by atoms with Gasteiger partial charge in [0.25, 0.3) is 5.91 Å². The normalized spacial score (nSPS) is 14.9. The quantitative estimate of drug-likeness (QED) is 0.859. The molecule has 0 N–H and O–H groups in total. The molecular weight excluding hydrogens is 322 g/mol. The molecule has 0 aliphatic carbocycles. The van der Waals surface area contributed by atoms with Crippen molar-refractivity contribution >= 4 is 5.91 Å². The zero-order chi connectivity index (χ0) is 17.4. The second kappa shape index (κ2) is 6.20. The lowest BCUT2D eigenvalue weighted by Gasteiger charge is -2.29. The highest BCUT2D eigenvalue weighted by Crippen LogP contribution is 2.35. The minimum Gasteiger partial charge on any atom is -0.493 e. The Morgan fingerprint density at radius 3 is 2.48 bits per heavy atom. The molecule has 0 saturated heterocycles. The van der Waals surface area contributed by atoms with Crippen molar-refractivity contribution in [1.29, 1.82) is 0 Å². The molecule has 0 saturated carbocycles. The van der Waals surface area contributed by atoms with Crippen molar-refractivity contribution in [2.75, 3.05) is 27.6 Å². The SMILES string of the molecule is COc1cc2c(cc1OC)CN(C(=O)c1ccc3c(c1)OCO3)CC2. The van der Waals surface area contributed by atoms with Crippen LogP contribution in [0.4, 0.5) is 0 Å². The second-order valence-corrected chi connectivity index (χ2v) is 6.02. The van der Waals surface area contributed by atoms with Crippen molar-refractivity contribution in [2.24, 2.45) is 0 Å². The van der Waals surface area contributed by atoms with Gasteiger partial charge in [-0.1, -0.05) is 0 Å². The molecule has 2 aromatic carbocycles. The predicted octanol–water partition coefficient (Wildman–Crippen LogP) is 2.63. The van der Waals surface area contributed by atoms with Gasteiger partial charge >= 0.3 is 0 Å². The summed E-state index contributed by atoms with van der Waals surface area (Å²) in [5.41, 5.74) is 2.87. The number of amides is 1. The largest absolute Gasteiger partial charge is 0.493 e. The third-order valence-electron chi connectivity index (χ3n) is 4.62. The van der Waals surface area contributed by atoms with E-state index in [0.717, 1.165) is 17.7 Å². The summed E-state index contributed by atoms with van der Waals surface area (Å²) in [6.45, 7) is 1.41. The van der Waals surface area contributed by atoms with E-state index in [0.29, 0.717) is 35.9 Å². The summed E-state index contributed by atoms with van der Waals surface area (Å²) in [6.07, 6.45) is 0.784. The van der Waals surface area contributed by atoms with E-state index in [1.54, 1.807) is 32.4 Å². The third kappa shape index (κ3) is 2.73. The molecule has 0 spiro atoms. The average Bonchev–Trinajstić information content (AvgIpc) is 3.13. The van der Waals surface area contributed by atoms with Gasteiger partial charge in [0, 0.05) is 18.7 Å². The second-order valence-electron chi connectivity index (χ2n) is 6.02. The van der Waals surface area contributed by atoms with Crippen molar-refractivity contribution in [3.63, 3.8) is 0 Å². The summed E-state index contributed by atoms with van der Waals surface area (Å²) in [6, 6.07) is 9.25. The smallest absolute Gasteiger partial charge is 0.254 e. The van der Waals surface area contributed by atoms with Crippen LogP contribution >= 0.6 is 0 Å². The Labute approximate surface area is 145 Å². The topological polar surface area (TPSA) is 57.2 Å². The van der Waals surface area contributed by atoms with Gasteiger partial charge in [0.2, 0.25) is 6.79 Å². The van der Waals surface area contributed by atoms with Crippen molar-refractivity contribution in [3.05, 3.63) is 47.0 Å². The summed E-state index contributed by atoms with van der Waals surface area (Å²) in [7, 11) is 3.24. The van der Waals surface area contributed by atoms with Gasteiger partial charge in [0.15, 0.2) is 23.0 Å². The van der Waals surface area contributed by atoms with Gasteiger partial charge < -0.3 is 23.8 Å². The van der Waals surface area contributed by atoms with Crippen LogP contribution in [0, 0.1) is 0 Å². The number of ether oxygens (including phenoxy) is 4. The number of methoxy groups -OCH3 is 2. The highest BCUT2D eigenvalue weighted by Gasteiger charge is 2.25. The van der Waals surface area contributed by atoms with E-state index in [4.69, 9.17) is 18.9 Å². The molecule has 6 nitrogen and oxygen atoms in total. The van der Waals surface area contributed by atoms with E-state index >= 15 is 0 Å². The zero-order valence-electron chi connectivity index (χ0n) is 14.2. The van der Waals surface area contributed by atoms with Crippen LogP contribution in [0.15, 0.2) is 30.3 Å². The fourth-order valence-corrected chi connectivity index (χ4v) is 3.27. The van der Waals surface area contributed by atoms with Gasteiger partial charge in [-0.3, -0.25) is 4.79 Å². The first-order valence-corrected chi connectivity index (χ1v) is 8.12. The van der Waals surface area contributed by atoms with E-state index in [-0.39, 0.29) is 12.7 Å². The average molecular weight is 341 g/mol. The first kappa shape index (κ1) is 15.6. The lowest BCUT2D eigenvalue weighted by molar-refractivity contribution is 0.0734. The molecule has 2 aliphatic rings. The summed E-state index contributed by atoms with van der Waals surface area (Å²) in [4.78, 5) is 14.7. The van der Waals surface area contributed by atoms with Crippen LogP contribution in [0.25, 0.3) is 0 Å². The first-order valence-electron chi connectivity index (χ1n) is 8.12. The van der Waals surface area contributed by atoms with Gasteiger partial charge in [0.05, 0.1) is 14.2 Å². The van der Waals surface area contributed by atoms with Crippen LogP contribution in [-0.2, 0) is 13.0 Å². The highest BCUT2D eigenvalue weighted by molar-refractivity contribution is 5.95. The molecule has 2 heterocycles. The van der Waals surface area contributed by atoms with Crippen molar-refractivity contribution in [1.82, 2.24) is 4.90 Å². The monoisotopic (exact) mass is 341 g/mol.